The Morgan fingerprint density at radius 3 is 1.89 bits per heavy atom. The number of halogens is 2. The summed E-state index contributed by atoms with van der Waals surface area (Å²) >= 11 is 5.30. The molecule has 0 radical (unpaired) electrons. The SMILES string of the molecule is CC([NH-])CC[NH-].[I][Pt+2][I]. The zero-order valence-corrected chi connectivity index (χ0v) is 11.7. The van der Waals surface area contributed by atoms with Crippen LogP contribution in [0.5, 0.6) is 0 Å². The second-order valence-corrected chi connectivity index (χ2v) is 18.1. The van der Waals surface area contributed by atoms with Gasteiger partial charge in [-0.15, -0.1) is 6.04 Å². The normalized spacial score (nSPS) is 12.1. The Hall–Kier alpha value is 2.07. The van der Waals surface area contributed by atoms with Crippen LogP contribution in [0.25, 0.3) is 11.5 Å². The third kappa shape index (κ3) is 25.5. The average Bonchev–Trinajstić information content (AvgIpc) is 1.67. The van der Waals surface area contributed by atoms with Gasteiger partial charge in [-0.3, -0.25) is 0 Å². The van der Waals surface area contributed by atoms with E-state index in [0.717, 1.165) is 0 Å². The van der Waals surface area contributed by atoms with E-state index in [1.54, 1.807) is 6.92 Å². The molecular weight excluding hydrogens is 525 g/mol. The molecule has 9 heavy (non-hydrogen) atoms. The summed E-state index contributed by atoms with van der Waals surface area (Å²) in [6.07, 6.45) is 0.708. The third-order valence-corrected chi connectivity index (χ3v) is 0.577. The molecule has 0 saturated carbocycles. The van der Waals surface area contributed by atoms with E-state index < -0.39 is 0 Å². The zero-order chi connectivity index (χ0) is 7.70. The van der Waals surface area contributed by atoms with Gasteiger partial charge in [-0.1, -0.05) is 13.3 Å². The first kappa shape index (κ1) is 13.6. The van der Waals surface area contributed by atoms with E-state index in [2.05, 4.69) is 38.7 Å². The second kappa shape index (κ2) is 12.7. The molecule has 0 saturated heterocycles. The Balaban J connectivity index is 0. The minimum absolute atomic E-state index is 0.0394. The van der Waals surface area contributed by atoms with Crippen LogP contribution in [0.2, 0.25) is 0 Å². The van der Waals surface area contributed by atoms with Crippen molar-refractivity contribution in [3.8, 4) is 0 Å². The molecule has 0 heterocycles. The van der Waals surface area contributed by atoms with Crippen LogP contribution in [0.1, 0.15) is 13.3 Å². The van der Waals surface area contributed by atoms with Gasteiger partial charge in [-0.2, -0.15) is 6.54 Å². The van der Waals surface area contributed by atoms with Gasteiger partial charge in [0.2, 0.25) is 0 Å². The summed E-state index contributed by atoms with van der Waals surface area (Å²) in [7, 11) is 0. The Bertz CT molecular complexity index is 45.5. The quantitative estimate of drug-likeness (QED) is 0.486. The van der Waals surface area contributed by atoms with E-state index in [9.17, 15) is 0 Å². The Morgan fingerprint density at radius 1 is 1.56 bits per heavy atom. The van der Waals surface area contributed by atoms with Crippen molar-refractivity contribution in [3.63, 3.8) is 0 Å². The van der Waals surface area contributed by atoms with E-state index in [1.807, 2.05) is 0 Å². The fraction of sp³-hybridized carbons (Fsp3) is 1.00. The van der Waals surface area contributed by atoms with Crippen molar-refractivity contribution in [3.05, 3.63) is 11.5 Å². The monoisotopic (exact) mass is 535 g/mol. The molecule has 0 rings (SSSR count). The minimum atomic E-state index is -0.0394. The Kier molecular flexibility index (Phi) is 19.3. The van der Waals surface area contributed by atoms with Crippen LogP contribution in [0, 0.1) is 0 Å². The fourth-order valence-electron chi connectivity index (χ4n) is 0.217. The molecule has 0 aromatic heterocycles. The molecule has 2 N–H and O–H groups in total. The van der Waals surface area contributed by atoms with Crippen molar-refractivity contribution in [2.75, 3.05) is 6.54 Å². The van der Waals surface area contributed by atoms with Crippen LogP contribution in [-0.2, 0) is 11.2 Å². The molecule has 5 heteroatoms. The molecule has 1 atom stereocenters. The van der Waals surface area contributed by atoms with Gasteiger partial charge in [-0.25, -0.2) is 0 Å². The number of nitrogens with one attached hydrogen (secondary N) is 2. The molecule has 0 amide bonds. The number of hydrogen-bond acceptors (Lipinski definition) is 0. The predicted molar refractivity (Wildman–Crippen MR) is 55.6 cm³/mol. The topological polar surface area (TPSA) is 47.6 Å². The maximum atomic E-state index is 6.86. The first-order valence-electron chi connectivity index (χ1n) is 2.37. The fourth-order valence-corrected chi connectivity index (χ4v) is 0.217. The van der Waals surface area contributed by atoms with Gasteiger partial charge >= 0.3 is 49.9 Å². The Labute approximate surface area is 86.1 Å². The Morgan fingerprint density at radius 2 is 1.89 bits per heavy atom. The summed E-state index contributed by atoms with van der Waals surface area (Å²) in [5.74, 6) is 0. The van der Waals surface area contributed by atoms with Crippen LogP contribution in [0.4, 0.5) is 0 Å². The van der Waals surface area contributed by atoms with Crippen molar-refractivity contribution in [1.29, 1.82) is 0 Å². The van der Waals surface area contributed by atoms with Crippen LogP contribution in [0.3, 0.4) is 0 Å². The number of hydrogen-bond donors (Lipinski definition) is 0. The van der Waals surface area contributed by atoms with E-state index in [0.29, 0.717) is 24.2 Å². The van der Waals surface area contributed by atoms with Gasteiger partial charge in [-0.05, 0) is 0 Å². The van der Waals surface area contributed by atoms with Gasteiger partial charge in [0.05, 0.1) is 0 Å². The zero-order valence-electron chi connectivity index (χ0n) is 5.06. The molecular formula is C4H10I2N2Pt. The average molecular weight is 535 g/mol. The maximum absolute atomic E-state index is 6.86. The van der Waals surface area contributed by atoms with Gasteiger partial charge in [0.25, 0.3) is 0 Å². The van der Waals surface area contributed by atoms with Crippen LogP contribution >= 0.6 is 38.7 Å². The van der Waals surface area contributed by atoms with Crippen molar-refractivity contribution < 1.29 is 11.2 Å². The summed E-state index contributed by atoms with van der Waals surface area (Å²) in [5.41, 5.74) is 13.5. The van der Waals surface area contributed by atoms with Crippen LogP contribution in [-0.4, -0.2) is 12.6 Å². The molecule has 60 valence electrons. The number of rotatable bonds is 2. The van der Waals surface area contributed by atoms with Gasteiger partial charge in [0.1, 0.15) is 0 Å². The first-order valence-corrected chi connectivity index (χ1v) is 15.3. The molecule has 0 aromatic rings. The summed E-state index contributed by atoms with van der Waals surface area (Å²) in [5, 5.41) is 0. The molecule has 0 aliphatic rings. The molecule has 0 aliphatic heterocycles. The van der Waals surface area contributed by atoms with Crippen LogP contribution in [0.15, 0.2) is 0 Å². The van der Waals surface area contributed by atoms with E-state index in [1.165, 1.54) is 0 Å². The van der Waals surface area contributed by atoms with E-state index in [-0.39, 0.29) is 6.04 Å². The molecule has 2 nitrogen and oxygen atoms in total. The molecule has 0 bridgehead atoms. The van der Waals surface area contributed by atoms with Crippen LogP contribution < -0.4 is 0 Å². The third-order valence-electron chi connectivity index (χ3n) is 0.577. The van der Waals surface area contributed by atoms with Crippen molar-refractivity contribution >= 4 is 38.7 Å². The molecule has 1 unspecified atom stereocenters. The predicted octanol–water partition coefficient (Wildman–Crippen LogP) is 3.64. The van der Waals surface area contributed by atoms with Gasteiger partial charge in [0, 0.05) is 0 Å². The second-order valence-electron chi connectivity index (χ2n) is 1.48. The first-order chi connectivity index (χ1) is 4.18. The summed E-state index contributed by atoms with van der Waals surface area (Å²) < 4.78 is 0. The van der Waals surface area contributed by atoms with E-state index >= 15 is 0 Å². The van der Waals surface area contributed by atoms with Crippen molar-refractivity contribution in [2.45, 2.75) is 19.4 Å². The van der Waals surface area contributed by atoms with Gasteiger partial charge < -0.3 is 11.5 Å². The molecule has 0 spiro atoms. The summed E-state index contributed by atoms with van der Waals surface area (Å²) in [4.78, 5) is 0. The summed E-state index contributed by atoms with van der Waals surface area (Å²) in [6, 6.07) is -0.0394. The standard InChI is InChI=1S/C4H10N2.2HI.Pt/c1-4(6)2-3-5;;;/h4-6H,2-3H2,1H3;2*1H;/q-2;;;+4/p-2. The molecule has 0 aliphatic carbocycles. The molecule has 0 fully saturated rings. The van der Waals surface area contributed by atoms with Crippen molar-refractivity contribution in [1.82, 2.24) is 0 Å². The van der Waals surface area contributed by atoms with Gasteiger partial charge in [0.15, 0.2) is 0 Å². The van der Waals surface area contributed by atoms with E-state index in [4.69, 9.17) is 11.5 Å². The van der Waals surface area contributed by atoms with Crippen molar-refractivity contribution in [2.24, 2.45) is 0 Å². The molecule has 0 aromatic carbocycles. The summed E-state index contributed by atoms with van der Waals surface area (Å²) in [6.45, 7) is 2.19.